The molecule has 1 aliphatic heterocycles. The molecule has 21 heavy (non-hydrogen) atoms. The first-order chi connectivity index (χ1) is 10.2. The van der Waals surface area contributed by atoms with Crippen molar-refractivity contribution in [3.05, 3.63) is 46.0 Å². The molecule has 2 aromatic rings. The average molecular weight is 304 g/mol. The van der Waals surface area contributed by atoms with Gasteiger partial charge in [0.05, 0.1) is 16.4 Å². The Labute approximate surface area is 127 Å². The van der Waals surface area contributed by atoms with Gasteiger partial charge in [-0.3, -0.25) is 0 Å². The van der Waals surface area contributed by atoms with Gasteiger partial charge in [0.15, 0.2) is 5.82 Å². The van der Waals surface area contributed by atoms with E-state index in [1.165, 1.54) is 30.2 Å². The number of rotatable bonds is 2. The number of hydrogen-bond donors (Lipinski definition) is 1. The zero-order chi connectivity index (χ0) is 14.4. The van der Waals surface area contributed by atoms with E-state index in [2.05, 4.69) is 5.32 Å². The fourth-order valence-electron chi connectivity index (χ4n) is 2.83. The lowest BCUT2D eigenvalue weighted by Gasteiger charge is -2.20. The Morgan fingerprint density at radius 2 is 2.10 bits per heavy atom. The van der Waals surface area contributed by atoms with Gasteiger partial charge in [-0.2, -0.15) is 0 Å². The second kappa shape index (κ2) is 5.04. The first-order valence-corrected chi connectivity index (χ1v) is 7.66. The maximum Gasteiger partial charge on any atom is 0.159 e. The largest absolute Gasteiger partial charge is 0.312 e. The molecule has 0 spiro atoms. The molecule has 0 amide bonds. The maximum atomic E-state index is 13.3. The molecule has 0 radical (unpaired) electrons. The molecule has 1 N–H and O–H groups in total. The third kappa shape index (κ3) is 2.43. The Balaban J connectivity index is 1.85. The summed E-state index contributed by atoms with van der Waals surface area (Å²) < 4.78 is 13.3. The van der Waals surface area contributed by atoms with Crippen molar-refractivity contribution >= 4 is 11.6 Å². The molecule has 0 saturated heterocycles. The summed E-state index contributed by atoms with van der Waals surface area (Å²) in [4.78, 5) is 9.45. The lowest BCUT2D eigenvalue weighted by molar-refractivity contribution is 0.617. The van der Waals surface area contributed by atoms with Crippen LogP contribution in [0, 0.1) is 5.82 Å². The van der Waals surface area contributed by atoms with Crippen molar-refractivity contribution in [2.45, 2.75) is 31.7 Å². The summed E-state index contributed by atoms with van der Waals surface area (Å²) in [6.07, 6.45) is 3.32. The summed E-state index contributed by atoms with van der Waals surface area (Å²) in [5, 5.41) is 3.50. The van der Waals surface area contributed by atoms with Gasteiger partial charge in [-0.05, 0) is 31.0 Å². The Morgan fingerprint density at radius 3 is 2.86 bits per heavy atom. The minimum atomic E-state index is -0.412. The average Bonchev–Trinajstić information content (AvgIpc) is 3.33. The number of aromatic nitrogens is 2. The molecule has 1 aromatic carbocycles. The smallest absolute Gasteiger partial charge is 0.159 e. The van der Waals surface area contributed by atoms with E-state index >= 15 is 0 Å². The lowest BCUT2D eigenvalue weighted by Crippen LogP contribution is -2.26. The zero-order valence-corrected chi connectivity index (χ0v) is 12.3. The lowest BCUT2D eigenvalue weighted by atomic mass is 10.0. The van der Waals surface area contributed by atoms with Gasteiger partial charge in [0.2, 0.25) is 0 Å². The van der Waals surface area contributed by atoms with Gasteiger partial charge >= 0.3 is 0 Å². The quantitative estimate of drug-likeness (QED) is 0.923. The van der Waals surface area contributed by atoms with Crippen LogP contribution in [0.15, 0.2) is 18.2 Å². The van der Waals surface area contributed by atoms with Crippen LogP contribution in [-0.2, 0) is 13.0 Å². The van der Waals surface area contributed by atoms with Crippen LogP contribution in [0.1, 0.15) is 35.7 Å². The van der Waals surface area contributed by atoms with Crippen LogP contribution < -0.4 is 5.32 Å². The van der Waals surface area contributed by atoms with E-state index in [9.17, 15) is 4.39 Å². The Bertz CT molecular complexity index is 713. The van der Waals surface area contributed by atoms with Crippen LogP contribution in [0.5, 0.6) is 0 Å². The molecular weight excluding hydrogens is 289 g/mol. The molecule has 108 valence electrons. The predicted molar refractivity (Wildman–Crippen MR) is 79.8 cm³/mol. The van der Waals surface area contributed by atoms with Crippen LogP contribution >= 0.6 is 11.6 Å². The number of fused-ring (bicyclic) bond motifs is 1. The highest BCUT2D eigenvalue weighted by Gasteiger charge is 2.30. The molecule has 1 fully saturated rings. The second-order valence-electron chi connectivity index (χ2n) is 5.69. The number of nitrogens with one attached hydrogen (secondary N) is 1. The van der Waals surface area contributed by atoms with Crippen LogP contribution in [-0.4, -0.2) is 16.5 Å². The number of hydrogen-bond acceptors (Lipinski definition) is 3. The van der Waals surface area contributed by atoms with Gasteiger partial charge in [-0.15, -0.1) is 0 Å². The standard InChI is InChI=1S/C16H15ClFN3/c17-12-7-10(3-4-13(12)18)16-20-14-5-6-19-8-11(14)15(21-16)9-1-2-9/h3-4,7,9,19H,1-2,5-6,8H2. The summed E-state index contributed by atoms with van der Waals surface area (Å²) in [6.45, 7) is 1.79. The van der Waals surface area contributed by atoms with E-state index in [-0.39, 0.29) is 5.02 Å². The molecule has 3 nitrogen and oxygen atoms in total. The van der Waals surface area contributed by atoms with Gasteiger partial charge in [-0.1, -0.05) is 11.6 Å². The highest BCUT2D eigenvalue weighted by atomic mass is 35.5. The third-order valence-electron chi connectivity index (χ3n) is 4.11. The molecule has 2 heterocycles. The molecule has 1 aliphatic carbocycles. The number of nitrogens with zero attached hydrogens (tertiary/aromatic N) is 2. The highest BCUT2D eigenvalue weighted by molar-refractivity contribution is 6.31. The fourth-order valence-corrected chi connectivity index (χ4v) is 3.01. The molecular formula is C16H15ClFN3. The predicted octanol–water partition coefficient (Wildman–Crippen LogP) is 3.46. The van der Waals surface area contributed by atoms with Crippen molar-refractivity contribution < 1.29 is 4.39 Å². The van der Waals surface area contributed by atoms with Gasteiger partial charge in [-0.25, -0.2) is 14.4 Å². The van der Waals surface area contributed by atoms with E-state index in [1.54, 1.807) is 12.1 Å². The van der Waals surface area contributed by atoms with Gasteiger partial charge in [0, 0.05) is 36.6 Å². The molecule has 0 unspecified atom stereocenters. The van der Waals surface area contributed by atoms with Crippen LogP contribution in [0.4, 0.5) is 4.39 Å². The summed E-state index contributed by atoms with van der Waals surface area (Å²) >= 11 is 5.88. The monoisotopic (exact) mass is 303 g/mol. The molecule has 2 aliphatic rings. The molecule has 0 atom stereocenters. The number of halogens is 2. The molecule has 1 aromatic heterocycles. The van der Waals surface area contributed by atoms with Crippen molar-refractivity contribution in [2.75, 3.05) is 6.54 Å². The Morgan fingerprint density at radius 1 is 1.24 bits per heavy atom. The van der Waals surface area contributed by atoms with Crippen LogP contribution in [0.25, 0.3) is 11.4 Å². The van der Waals surface area contributed by atoms with Crippen molar-refractivity contribution in [2.24, 2.45) is 0 Å². The van der Waals surface area contributed by atoms with E-state index in [4.69, 9.17) is 21.6 Å². The SMILES string of the molecule is Fc1ccc(-c2nc3c(c(C4CC4)n2)CNCC3)cc1Cl. The fraction of sp³-hybridized carbons (Fsp3) is 0.375. The van der Waals surface area contributed by atoms with E-state index in [1.807, 2.05) is 0 Å². The van der Waals surface area contributed by atoms with Crippen LogP contribution in [0.2, 0.25) is 5.02 Å². The topological polar surface area (TPSA) is 37.8 Å². The first kappa shape index (κ1) is 13.2. The molecule has 5 heteroatoms. The van der Waals surface area contributed by atoms with Crippen LogP contribution in [0.3, 0.4) is 0 Å². The normalized spacial score (nSPS) is 17.6. The van der Waals surface area contributed by atoms with Crippen molar-refractivity contribution in [1.82, 2.24) is 15.3 Å². The minimum absolute atomic E-state index is 0.114. The summed E-state index contributed by atoms with van der Waals surface area (Å²) in [7, 11) is 0. The summed E-state index contributed by atoms with van der Waals surface area (Å²) in [5.41, 5.74) is 4.34. The third-order valence-corrected chi connectivity index (χ3v) is 4.40. The van der Waals surface area contributed by atoms with Crippen molar-refractivity contribution in [1.29, 1.82) is 0 Å². The Hall–Kier alpha value is -1.52. The minimum Gasteiger partial charge on any atom is -0.312 e. The number of benzene rings is 1. The van der Waals surface area contributed by atoms with E-state index < -0.39 is 5.82 Å². The van der Waals surface area contributed by atoms with Crippen molar-refractivity contribution in [3.63, 3.8) is 0 Å². The molecule has 1 saturated carbocycles. The highest BCUT2D eigenvalue weighted by Crippen LogP contribution is 2.42. The van der Waals surface area contributed by atoms with Gasteiger partial charge in [0.1, 0.15) is 5.82 Å². The first-order valence-electron chi connectivity index (χ1n) is 7.28. The summed E-state index contributed by atoms with van der Waals surface area (Å²) in [5.74, 6) is 0.820. The van der Waals surface area contributed by atoms with E-state index in [0.717, 1.165) is 30.8 Å². The zero-order valence-electron chi connectivity index (χ0n) is 11.5. The van der Waals surface area contributed by atoms with E-state index in [0.29, 0.717) is 11.7 Å². The van der Waals surface area contributed by atoms with Crippen molar-refractivity contribution in [3.8, 4) is 11.4 Å². The molecule has 4 rings (SSSR count). The maximum absolute atomic E-state index is 13.3. The summed E-state index contributed by atoms with van der Waals surface area (Å²) in [6, 6.07) is 4.68. The van der Waals surface area contributed by atoms with Gasteiger partial charge < -0.3 is 5.32 Å². The Kier molecular flexibility index (Phi) is 3.16. The molecule has 0 bridgehead atoms. The second-order valence-corrected chi connectivity index (χ2v) is 6.09. The van der Waals surface area contributed by atoms with Gasteiger partial charge in [0.25, 0.3) is 0 Å².